The summed E-state index contributed by atoms with van der Waals surface area (Å²) in [5.41, 5.74) is 7.86. The molecule has 1 aliphatic heterocycles. The van der Waals surface area contributed by atoms with Crippen molar-refractivity contribution in [3.63, 3.8) is 0 Å². The molecule has 3 atom stereocenters. The normalized spacial score (nSPS) is 21.5. The van der Waals surface area contributed by atoms with Crippen molar-refractivity contribution in [2.24, 2.45) is 5.92 Å². The summed E-state index contributed by atoms with van der Waals surface area (Å²) in [6.07, 6.45) is -6.88. The number of methoxy groups -OCH3 is 1. The summed E-state index contributed by atoms with van der Waals surface area (Å²) in [4.78, 5) is 11.9. The second-order valence-electron chi connectivity index (χ2n) is 10.9. The van der Waals surface area contributed by atoms with Gasteiger partial charge in [0.15, 0.2) is 9.84 Å². The molecule has 39 heavy (non-hydrogen) atoms. The number of esters is 1. The molecule has 0 spiro atoms. The molecule has 1 fully saturated rings. The lowest BCUT2D eigenvalue weighted by molar-refractivity contribution is -0.208. The van der Waals surface area contributed by atoms with Crippen molar-refractivity contribution < 1.29 is 40.2 Å². The van der Waals surface area contributed by atoms with Crippen LogP contribution in [0.1, 0.15) is 43.0 Å². The Labute approximate surface area is 226 Å². The Morgan fingerprint density at radius 3 is 2.41 bits per heavy atom. The highest BCUT2D eigenvalue weighted by Gasteiger charge is 2.48. The van der Waals surface area contributed by atoms with Crippen LogP contribution < -0.4 is 11.1 Å². The molecule has 0 aliphatic carbocycles. The number of nitrogens with two attached hydrogens (primary N) is 1. The molecular formula is C27H34F4N2O5S. The minimum atomic E-state index is -5.27. The van der Waals surface area contributed by atoms with Gasteiger partial charge in [0.2, 0.25) is 0 Å². The first-order valence-electron chi connectivity index (χ1n) is 12.4. The summed E-state index contributed by atoms with van der Waals surface area (Å²) in [6.45, 7) is 6.20. The van der Waals surface area contributed by atoms with Gasteiger partial charge in [-0.3, -0.25) is 0 Å². The topological polar surface area (TPSA) is 108 Å². The Hall–Kier alpha value is -2.70. The zero-order valence-electron chi connectivity index (χ0n) is 22.3. The van der Waals surface area contributed by atoms with E-state index in [-0.39, 0.29) is 30.7 Å². The quantitative estimate of drug-likeness (QED) is 0.278. The SMILES string of the molecule is COCc1cc(C[C@@H]2CS(=O)(=O)C[C@H](NCc3cccc(C(C)(C)C)c3)[C@H]2OC(=O)C(F)(F)F)cc(F)c1N. The Bertz CT molecular complexity index is 1290. The molecule has 0 saturated carbocycles. The standard InChI is InChI=1S/C27H34F4N2O5S/c1-26(2,3)20-7-5-6-16(10-20)12-33-22-15-39(35,36)14-19(24(22)38-25(34)27(29,30)31)9-17-8-18(13-37-4)23(32)21(28)11-17/h5-8,10-11,19,22,24,33H,9,12-15,32H2,1-4H3/t19-,22+,24+/m1/s1. The monoisotopic (exact) mass is 574 g/mol. The van der Waals surface area contributed by atoms with E-state index < -0.39 is 57.4 Å². The molecule has 0 unspecified atom stereocenters. The van der Waals surface area contributed by atoms with E-state index in [0.717, 1.165) is 17.2 Å². The molecule has 0 bridgehead atoms. The van der Waals surface area contributed by atoms with Crippen LogP contribution in [0.4, 0.5) is 23.2 Å². The predicted octanol–water partition coefficient (Wildman–Crippen LogP) is 4.07. The van der Waals surface area contributed by atoms with Gasteiger partial charge in [-0.25, -0.2) is 17.6 Å². The average molecular weight is 575 g/mol. The zero-order chi connectivity index (χ0) is 29.2. The van der Waals surface area contributed by atoms with Crippen LogP contribution in [-0.4, -0.2) is 51.3 Å². The third-order valence-electron chi connectivity index (χ3n) is 6.67. The second kappa shape index (κ2) is 11.8. The number of benzene rings is 2. The van der Waals surface area contributed by atoms with E-state index in [2.05, 4.69) is 5.32 Å². The van der Waals surface area contributed by atoms with E-state index in [1.165, 1.54) is 13.2 Å². The number of anilines is 1. The number of hydrogen-bond acceptors (Lipinski definition) is 7. The number of carbonyl (C=O) groups is 1. The van der Waals surface area contributed by atoms with Crippen LogP contribution in [0, 0.1) is 11.7 Å². The van der Waals surface area contributed by atoms with Gasteiger partial charge >= 0.3 is 12.1 Å². The molecule has 1 heterocycles. The molecule has 1 saturated heterocycles. The van der Waals surface area contributed by atoms with E-state index in [0.29, 0.717) is 11.1 Å². The fourth-order valence-electron chi connectivity index (χ4n) is 4.73. The summed E-state index contributed by atoms with van der Waals surface area (Å²) < 4.78 is 89.7. The van der Waals surface area contributed by atoms with E-state index >= 15 is 0 Å². The molecule has 2 aromatic carbocycles. The van der Waals surface area contributed by atoms with Gasteiger partial charge in [-0.05, 0) is 34.6 Å². The predicted molar refractivity (Wildman–Crippen MR) is 139 cm³/mol. The number of halogens is 4. The van der Waals surface area contributed by atoms with E-state index in [9.17, 15) is 30.8 Å². The van der Waals surface area contributed by atoms with Crippen LogP contribution in [-0.2, 0) is 49.1 Å². The molecule has 0 aromatic heterocycles. The van der Waals surface area contributed by atoms with Gasteiger partial charge in [0.05, 0.1) is 29.8 Å². The molecule has 12 heteroatoms. The highest BCUT2D eigenvalue weighted by Crippen LogP contribution is 2.31. The number of sulfone groups is 1. The van der Waals surface area contributed by atoms with Crippen molar-refractivity contribution in [3.8, 4) is 0 Å². The van der Waals surface area contributed by atoms with Crippen molar-refractivity contribution in [1.29, 1.82) is 0 Å². The molecule has 1 aliphatic rings. The first-order valence-corrected chi connectivity index (χ1v) is 14.2. The van der Waals surface area contributed by atoms with Crippen LogP contribution >= 0.6 is 0 Å². The van der Waals surface area contributed by atoms with Crippen LogP contribution in [0.5, 0.6) is 0 Å². The number of nitrogens with one attached hydrogen (secondary N) is 1. The summed E-state index contributed by atoms with van der Waals surface area (Å²) in [6, 6.07) is 8.99. The average Bonchev–Trinajstić information content (AvgIpc) is 2.81. The van der Waals surface area contributed by atoms with E-state index in [1.54, 1.807) is 0 Å². The molecule has 216 valence electrons. The lowest BCUT2D eigenvalue weighted by Crippen LogP contribution is -2.57. The van der Waals surface area contributed by atoms with Gasteiger partial charge in [0.25, 0.3) is 0 Å². The second-order valence-corrected chi connectivity index (χ2v) is 13.1. The number of ether oxygens (including phenoxy) is 2. The smallest absolute Gasteiger partial charge is 0.454 e. The van der Waals surface area contributed by atoms with Crippen molar-refractivity contribution >= 4 is 21.5 Å². The van der Waals surface area contributed by atoms with E-state index in [1.807, 2.05) is 45.0 Å². The van der Waals surface area contributed by atoms with Crippen molar-refractivity contribution in [2.45, 2.75) is 64.1 Å². The van der Waals surface area contributed by atoms with E-state index in [4.69, 9.17) is 15.2 Å². The summed E-state index contributed by atoms with van der Waals surface area (Å²) >= 11 is 0. The zero-order valence-corrected chi connectivity index (χ0v) is 23.1. The fraction of sp³-hybridized carbons (Fsp3) is 0.519. The molecule has 3 rings (SSSR count). The number of nitrogen functional groups attached to an aromatic ring is 1. The van der Waals surface area contributed by atoms with Crippen LogP contribution in [0.25, 0.3) is 0 Å². The summed E-state index contributed by atoms with van der Waals surface area (Å²) in [5.74, 6) is -5.32. The van der Waals surface area contributed by atoms with Crippen LogP contribution in [0.2, 0.25) is 0 Å². The summed E-state index contributed by atoms with van der Waals surface area (Å²) in [7, 11) is -2.37. The van der Waals surface area contributed by atoms with Crippen LogP contribution in [0.3, 0.4) is 0 Å². The van der Waals surface area contributed by atoms with Gasteiger partial charge in [-0.2, -0.15) is 13.2 Å². The van der Waals surface area contributed by atoms with Crippen molar-refractivity contribution in [1.82, 2.24) is 5.32 Å². The lowest BCUT2D eigenvalue weighted by Gasteiger charge is -2.38. The molecular weight excluding hydrogens is 540 g/mol. The highest BCUT2D eigenvalue weighted by atomic mass is 32.2. The number of alkyl halides is 3. The third-order valence-corrected chi connectivity index (χ3v) is 8.47. The largest absolute Gasteiger partial charge is 0.490 e. The van der Waals surface area contributed by atoms with Gasteiger partial charge in [0, 0.05) is 25.1 Å². The van der Waals surface area contributed by atoms with Crippen LogP contribution in [0.15, 0.2) is 36.4 Å². The third kappa shape index (κ3) is 8.15. The van der Waals surface area contributed by atoms with Crippen molar-refractivity contribution in [3.05, 3.63) is 64.5 Å². The maximum absolute atomic E-state index is 14.5. The summed E-state index contributed by atoms with van der Waals surface area (Å²) in [5, 5.41) is 3.01. The number of rotatable bonds is 8. The lowest BCUT2D eigenvalue weighted by atomic mass is 9.86. The minimum absolute atomic E-state index is 0.0240. The molecule has 7 nitrogen and oxygen atoms in total. The van der Waals surface area contributed by atoms with Gasteiger partial charge < -0.3 is 20.5 Å². The fourth-order valence-corrected chi connectivity index (χ4v) is 6.68. The van der Waals surface area contributed by atoms with Crippen molar-refractivity contribution in [2.75, 3.05) is 24.3 Å². The number of hydrogen-bond donors (Lipinski definition) is 2. The number of carbonyl (C=O) groups excluding carboxylic acids is 1. The molecule has 0 radical (unpaired) electrons. The maximum Gasteiger partial charge on any atom is 0.490 e. The van der Waals surface area contributed by atoms with Gasteiger partial charge in [-0.15, -0.1) is 0 Å². The van der Waals surface area contributed by atoms with Gasteiger partial charge in [0.1, 0.15) is 11.9 Å². The first-order chi connectivity index (χ1) is 18.0. The Morgan fingerprint density at radius 1 is 1.10 bits per heavy atom. The molecule has 3 N–H and O–H groups in total. The highest BCUT2D eigenvalue weighted by molar-refractivity contribution is 7.91. The molecule has 0 amide bonds. The first kappa shape index (κ1) is 30.8. The minimum Gasteiger partial charge on any atom is -0.454 e. The Morgan fingerprint density at radius 2 is 1.79 bits per heavy atom. The maximum atomic E-state index is 14.5. The Balaban J connectivity index is 1.94. The van der Waals surface area contributed by atoms with Gasteiger partial charge in [-0.1, -0.05) is 51.1 Å². The Kier molecular flexibility index (Phi) is 9.34. The molecule has 2 aromatic rings.